The molecule has 1 saturated heterocycles. The number of ether oxygens (including phenoxy) is 1. The second kappa shape index (κ2) is 11.2. The summed E-state index contributed by atoms with van der Waals surface area (Å²) in [6, 6.07) is 11.5. The summed E-state index contributed by atoms with van der Waals surface area (Å²) in [5, 5.41) is 5.81. The lowest BCUT2D eigenvalue weighted by Gasteiger charge is -2.35. The van der Waals surface area contributed by atoms with E-state index in [4.69, 9.17) is 4.74 Å². The number of hydrogen-bond donors (Lipinski definition) is 2. The van der Waals surface area contributed by atoms with E-state index < -0.39 is 17.6 Å². The molecule has 2 amide bonds. The quantitative estimate of drug-likeness (QED) is 0.583. The minimum absolute atomic E-state index is 0.0916. The molecule has 0 bridgehead atoms. The van der Waals surface area contributed by atoms with Crippen molar-refractivity contribution in [1.29, 1.82) is 0 Å². The van der Waals surface area contributed by atoms with Gasteiger partial charge in [-0.2, -0.15) is 13.2 Å². The number of carbonyl (C=O) groups excluding carboxylic acids is 2. The molecule has 178 valence electrons. The van der Waals surface area contributed by atoms with Crippen LogP contribution in [0.1, 0.15) is 45.5 Å². The van der Waals surface area contributed by atoms with Crippen molar-refractivity contribution >= 4 is 17.5 Å². The zero-order chi connectivity index (χ0) is 23.8. The van der Waals surface area contributed by atoms with E-state index in [1.165, 1.54) is 12.1 Å². The molecule has 1 aliphatic heterocycles. The summed E-state index contributed by atoms with van der Waals surface area (Å²) in [6.07, 6.45) is -2.38. The smallest absolute Gasteiger partial charge is 0.385 e. The lowest BCUT2D eigenvalue weighted by Crippen LogP contribution is -2.45. The fourth-order valence-electron chi connectivity index (χ4n) is 3.80. The molecule has 0 aromatic heterocycles. The molecule has 0 aliphatic carbocycles. The number of rotatable bonds is 8. The topological polar surface area (TPSA) is 70.7 Å². The molecule has 6 nitrogen and oxygen atoms in total. The van der Waals surface area contributed by atoms with Crippen molar-refractivity contribution in [3.05, 3.63) is 65.2 Å². The molecule has 0 atom stereocenters. The Hall–Kier alpha value is -3.07. The van der Waals surface area contributed by atoms with Gasteiger partial charge < -0.3 is 20.3 Å². The lowest BCUT2D eigenvalue weighted by molar-refractivity contribution is -0.137. The number of anilines is 1. The number of alkyl halides is 3. The lowest BCUT2D eigenvalue weighted by atomic mass is 10.0. The molecule has 33 heavy (non-hydrogen) atoms. The predicted octanol–water partition coefficient (Wildman–Crippen LogP) is 3.87. The van der Waals surface area contributed by atoms with Crippen LogP contribution in [0.25, 0.3) is 0 Å². The monoisotopic (exact) mass is 463 g/mol. The molecule has 3 rings (SSSR count). The average molecular weight is 464 g/mol. The number of hydrogen-bond acceptors (Lipinski definition) is 4. The van der Waals surface area contributed by atoms with Gasteiger partial charge >= 0.3 is 6.18 Å². The Morgan fingerprint density at radius 1 is 1.03 bits per heavy atom. The van der Waals surface area contributed by atoms with Crippen LogP contribution in [0.4, 0.5) is 18.9 Å². The SMILES string of the molecule is COCCCNC(=O)c1ccccc1N1CCC(NC(=O)c2ccc(C(F)(F)F)cc2)CC1. The van der Waals surface area contributed by atoms with Gasteiger partial charge in [0.25, 0.3) is 11.8 Å². The van der Waals surface area contributed by atoms with E-state index in [9.17, 15) is 22.8 Å². The van der Waals surface area contributed by atoms with Crippen LogP contribution in [0.15, 0.2) is 48.5 Å². The molecular formula is C24H28F3N3O3. The summed E-state index contributed by atoms with van der Waals surface area (Å²) in [7, 11) is 1.62. The Kier molecular flexibility index (Phi) is 8.32. The highest BCUT2D eigenvalue weighted by Gasteiger charge is 2.30. The van der Waals surface area contributed by atoms with Crippen molar-refractivity contribution in [3.8, 4) is 0 Å². The highest BCUT2D eigenvalue weighted by Crippen LogP contribution is 2.29. The van der Waals surface area contributed by atoms with Gasteiger partial charge in [0, 0.05) is 50.6 Å². The molecule has 2 aromatic carbocycles. The van der Waals surface area contributed by atoms with E-state index in [1.807, 2.05) is 18.2 Å². The first kappa shape index (κ1) is 24.6. The van der Waals surface area contributed by atoms with E-state index >= 15 is 0 Å². The number of benzene rings is 2. The third-order valence-electron chi connectivity index (χ3n) is 5.60. The number of methoxy groups -OCH3 is 1. The number of amides is 2. The van der Waals surface area contributed by atoms with Crippen molar-refractivity contribution in [1.82, 2.24) is 10.6 Å². The van der Waals surface area contributed by atoms with Gasteiger partial charge in [0.1, 0.15) is 0 Å². The largest absolute Gasteiger partial charge is 0.416 e. The normalized spacial score (nSPS) is 14.7. The van der Waals surface area contributed by atoms with E-state index in [2.05, 4.69) is 15.5 Å². The van der Waals surface area contributed by atoms with E-state index in [1.54, 1.807) is 13.2 Å². The summed E-state index contributed by atoms with van der Waals surface area (Å²) in [5.74, 6) is -0.530. The van der Waals surface area contributed by atoms with Crippen molar-refractivity contribution < 1.29 is 27.5 Å². The Balaban J connectivity index is 1.55. The van der Waals surface area contributed by atoms with Gasteiger partial charge in [0.15, 0.2) is 0 Å². The molecule has 0 saturated carbocycles. The highest BCUT2D eigenvalue weighted by atomic mass is 19.4. The maximum atomic E-state index is 12.7. The molecule has 2 aromatic rings. The fraction of sp³-hybridized carbons (Fsp3) is 0.417. The molecule has 1 aliphatic rings. The van der Waals surface area contributed by atoms with Crippen molar-refractivity contribution in [2.75, 3.05) is 38.3 Å². The Morgan fingerprint density at radius 3 is 2.33 bits per heavy atom. The number of nitrogens with one attached hydrogen (secondary N) is 2. The van der Waals surface area contributed by atoms with Gasteiger partial charge in [-0.05, 0) is 55.7 Å². The molecule has 0 unspecified atom stereocenters. The van der Waals surface area contributed by atoms with Gasteiger partial charge in [-0.25, -0.2) is 0 Å². The maximum absolute atomic E-state index is 12.7. The average Bonchev–Trinajstić information content (AvgIpc) is 2.82. The van der Waals surface area contributed by atoms with Crippen LogP contribution in [0.5, 0.6) is 0 Å². The van der Waals surface area contributed by atoms with Crippen LogP contribution >= 0.6 is 0 Å². The van der Waals surface area contributed by atoms with Gasteiger partial charge in [-0.15, -0.1) is 0 Å². The number of nitrogens with zero attached hydrogens (tertiary/aromatic N) is 1. The number of para-hydroxylation sites is 1. The minimum Gasteiger partial charge on any atom is -0.385 e. The summed E-state index contributed by atoms with van der Waals surface area (Å²) in [5.41, 5.74) is 0.853. The molecule has 0 spiro atoms. The molecule has 2 N–H and O–H groups in total. The van der Waals surface area contributed by atoms with Crippen molar-refractivity contribution in [2.45, 2.75) is 31.5 Å². The first-order chi connectivity index (χ1) is 15.8. The summed E-state index contributed by atoms with van der Waals surface area (Å²) in [4.78, 5) is 27.2. The summed E-state index contributed by atoms with van der Waals surface area (Å²) in [6.45, 7) is 2.39. The summed E-state index contributed by atoms with van der Waals surface area (Å²) >= 11 is 0. The fourth-order valence-corrected chi connectivity index (χ4v) is 3.80. The highest BCUT2D eigenvalue weighted by molar-refractivity contribution is 5.99. The third kappa shape index (κ3) is 6.71. The number of halogens is 3. The Morgan fingerprint density at radius 2 is 1.70 bits per heavy atom. The van der Waals surface area contributed by atoms with Crippen LogP contribution in [0, 0.1) is 0 Å². The second-order valence-electron chi connectivity index (χ2n) is 7.93. The Bertz CT molecular complexity index is 940. The first-order valence-electron chi connectivity index (χ1n) is 10.9. The standard InChI is InChI=1S/C24H28F3N3O3/c1-33-16-4-13-28-23(32)20-5-2-3-6-21(20)30-14-11-19(12-15-30)29-22(31)17-7-9-18(10-8-17)24(25,26)27/h2-3,5-10,19H,4,11-16H2,1H3,(H,28,32)(H,29,31). The van der Waals surface area contributed by atoms with Crippen LogP contribution in [0.2, 0.25) is 0 Å². The molecule has 1 fully saturated rings. The zero-order valence-electron chi connectivity index (χ0n) is 18.5. The van der Waals surface area contributed by atoms with Crippen molar-refractivity contribution in [3.63, 3.8) is 0 Å². The van der Waals surface area contributed by atoms with E-state index in [0.717, 1.165) is 24.2 Å². The van der Waals surface area contributed by atoms with Crippen LogP contribution in [-0.4, -0.2) is 51.2 Å². The first-order valence-corrected chi connectivity index (χ1v) is 10.9. The maximum Gasteiger partial charge on any atom is 0.416 e. The molecular weight excluding hydrogens is 435 g/mol. The predicted molar refractivity (Wildman–Crippen MR) is 119 cm³/mol. The number of carbonyl (C=O) groups is 2. The van der Waals surface area contributed by atoms with E-state index in [0.29, 0.717) is 44.6 Å². The van der Waals surface area contributed by atoms with E-state index in [-0.39, 0.29) is 17.5 Å². The van der Waals surface area contributed by atoms with Crippen LogP contribution < -0.4 is 15.5 Å². The third-order valence-corrected chi connectivity index (χ3v) is 5.60. The van der Waals surface area contributed by atoms with Gasteiger partial charge in [-0.1, -0.05) is 12.1 Å². The summed E-state index contributed by atoms with van der Waals surface area (Å²) < 4.78 is 43.1. The Labute approximate surface area is 191 Å². The van der Waals surface area contributed by atoms with Crippen LogP contribution in [-0.2, 0) is 10.9 Å². The van der Waals surface area contributed by atoms with Gasteiger partial charge in [-0.3, -0.25) is 9.59 Å². The molecule has 9 heteroatoms. The molecule has 0 radical (unpaired) electrons. The van der Waals surface area contributed by atoms with Gasteiger partial charge in [0.2, 0.25) is 0 Å². The van der Waals surface area contributed by atoms with Gasteiger partial charge in [0.05, 0.1) is 11.1 Å². The van der Waals surface area contributed by atoms with Crippen molar-refractivity contribution in [2.24, 2.45) is 0 Å². The molecule has 1 heterocycles. The second-order valence-corrected chi connectivity index (χ2v) is 7.93. The number of piperidine rings is 1. The zero-order valence-corrected chi connectivity index (χ0v) is 18.5. The van der Waals surface area contributed by atoms with Crippen LogP contribution in [0.3, 0.4) is 0 Å². The minimum atomic E-state index is -4.43.